The van der Waals surface area contributed by atoms with Gasteiger partial charge < -0.3 is 14.8 Å². The van der Waals surface area contributed by atoms with Crippen molar-refractivity contribution in [3.63, 3.8) is 0 Å². The molecule has 2 unspecified atom stereocenters. The molecular formula is C15H19N5O. The van der Waals surface area contributed by atoms with Crippen LogP contribution >= 0.6 is 0 Å². The van der Waals surface area contributed by atoms with Crippen molar-refractivity contribution in [2.75, 3.05) is 7.05 Å². The zero-order valence-electron chi connectivity index (χ0n) is 12.4. The van der Waals surface area contributed by atoms with Crippen LogP contribution in [0, 0.1) is 0 Å². The predicted octanol–water partition coefficient (Wildman–Crippen LogP) is 2.25. The minimum Gasteiger partial charge on any atom is -0.342 e. The molecule has 0 fully saturated rings. The van der Waals surface area contributed by atoms with Gasteiger partial charge in [-0.1, -0.05) is 24.2 Å². The van der Waals surface area contributed by atoms with Crippen molar-refractivity contribution in [3.05, 3.63) is 41.8 Å². The van der Waals surface area contributed by atoms with E-state index in [1.54, 1.807) is 0 Å². The smallest absolute Gasteiger partial charge is 0.231 e. The number of benzene rings is 1. The number of rotatable bonds is 5. The summed E-state index contributed by atoms with van der Waals surface area (Å²) in [5.41, 5.74) is 1.97. The van der Waals surface area contributed by atoms with Crippen LogP contribution in [0.15, 0.2) is 28.8 Å². The summed E-state index contributed by atoms with van der Waals surface area (Å²) in [5.74, 6) is 2.33. The summed E-state index contributed by atoms with van der Waals surface area (Å²) in [6.45, 7) is 4.16. The Kier molecular flexibility index (Phi) is 3.70. The number of aromatic amines is 1. The van der Waals surface area contributed by atoms with E-state index >= 15 is 0 Å². The number of nitrogens with zero attached hydrogens (tertiary/aromatic N) is 3. The van der Waals surface area contributed by atoms with Crippen LogP contribution in [0.3, 0.4) is 0 Å². The van der Waals surface area contributed by atoms with Gasteiger partial charge >= 0.3 is 0 Å². The summed E-state index contributed by atoms with van der Waals surface area (Å²) in [6.07, 6.45) is 0.541. The van der Waals surface area contributed by atoms with Crippen molar-refractivity contribution in [1.29, 1.82) is 0 Å². The monoisotopic (exact) mass is 285 g/mol. The summed E-state index contributed by atoms with van der Waals surface area (Å²) >= 11 is 0. The fourth-order valence-corrected chi connectivity index (χ4v) is 2.23. The van der Waals surface area contributed by atoms with E-state index in [1.807, 2.05) is 31.3 Å². The third-order valence-electron chi connectivity index (χ3n) is 3.84. The maximum absolute atomic E-state index is 5.35. The molecule has 21 heavy (non-hydrogen) atoms. The third kappa shape index (κ3) is 2.80. The van der Waals surface area contributed by atoms with E-state index in [0.29, 0.717) is 18.1 Å². The van der Waals surface area contributed by atoms with Gasteiger partial charge in [-0.15, -0.1) is 0 Å². The van der Waals surface area contributed by atoms with Crippen LogP contribution < -0.4 is 5.32 Å². The van der Waals surface area contributed by atoms with Crippen LogP contribution in [0.25, 0.3) is 11.0 Å². The van der Waals surface area contributed by atoms with Crippen molar-refractivity contribution in [1.82, 2.24) is 25.4 Å². The number of imidazole rings is 1. The molecule has 3 rings (SSSR count). The third-order valence-corrected chi connectivity index (χ3v) is 3.84. The molecular weight excluding hydrogens is 266 g/mol. The van der Waals surface area contributed by atoms with Gasteiger partial charge in [0.15, 0.2) is 5.82 Å². The molecule has 0 saturated heterocycles. The second-order valence-corrected chi connectivity index (χ2v) is 5.29. The van der Waals surface area contributed by atoms with Gasteiger partial charge in [-0.05, 0) is 26.1 Å². The summed E-state index contributed by atoms with van der Waals surface area (Å²) < 4.78 is 5.35. The average Bonchev–Trinajstić information content (AvgIpc) is 3.12. The molecule has 0 aliphatic rings. The fourth-order valence-electron chi connectivity index (χ4n) is 2.23. The van der Waals surface area contributed by atoms with Crippen molar-refractivity contribution in [2.24, 2.45) is 0 Å². The number of H-pyrrole nitrogens is 1. The molecule has 0 saturated carbocycles. The second-order valence-electron chi connectivity index (χ2n) is 5.29. The number of fused-ring (bicyclic) bond motifs is 1. The Bertz CT molecular complexity index is 699. The number of para-hydroxylation sites is 2. The van der Waals surface area contributed by atoms with Gasteiger partial charge in [-0.3, -0.25) is 0 Å². The molecule has 0 aliphatic heterocycles. The lowest BCUT2D eigenvalue weighted by Gasteiger charge is -2.14. The number of aromatic nitrogens is 4. The van der Waals surface area contributed by atoms with Crippen molar-refractivity contribution >= 4 is 11.0 Å². The van der Waals surface area contributed by atoms with Crippen LogP contribution in [-0.4, -0.2) is 33.2 Å². The summed E-state index contributed by atoms with van der Waals surface area (Å²) in [5, 5.41) is 7.24. The lowest BCUT2D eigenvalue weighted by molar-refractivity contribution is 0.333. The maximum atomic E-state index is 5.35. The molecule has 2 N–H and O–H groups in total. The highest BCUT2D eigenvalue weighted by atomic mass is 16.5. The van der Waals surface area contributed by atoms with E-state index in [-0.39, 0.29) is 12.0 Å². The number of nitrogens with one attached hydrogen (secondary N) is 2. The normalized spacial score (nSPS) is 14.4. The van der Waals surface area contributed by atoms with E-state index in [4.69, 9.17) is 4.52 Å². The number of hydrogen-bond donors (Lipinski definition) is 2. The van der Waals surface area contributed by atoms with Crippen molar-refractivity contribution < 1.29 is 4.52 Å². The van der Waals surface area contributed by atoms with Crippen molar-refractivity contribution in [3.8, 4) is 0 Å². The molecule has 0 radical (unpaired) electrons. The first-order chi connectivity index (χ1) is 10.2. The quantitative estimate of drug-likeness (QED) is 0.751. The highest BCUT2D eigenvalue weighted by molar-refractivity contribution is 5.74. The first-order valence-corrected chi connectivity index (χ1v) is 7.10. The summed E-state index contributed by atoms with van der Waals surface area (Å²) in [7, 11) is 1.92. The minimum absolute atomic E-state index is 0.173. The Hall–Kier alpha value is -2.21. The molecule has 2 heterocycles. The molecule has 0 amide bonds. The molecule has 2 atom stereocenters. The van der Waals surface area contributed by atoms with E-state index < -0.39 is 0 Å². The van der Waals surface area contributed by atoms with Crippen LogP contribution in [-0.2, 0) is 6.42 Å². The SMILES string of the molecule is CNC(C)C(C)c1nc(Cc2nc3ccccc3[nH]2)no1. The summed E-state index contributed by atoms with van der Waals surface area (Å²) in [4.78, 5) is 12.3. The highest BCUT2D eigenvalue weighted by Crippen LogP contribution is 2.18. The number of hydrogen-bond acceptors (Lipinski definition) is 5. The van der Waals surface area contributed by atoms with E-state index in [9.17, 15) is 0 Å². The molecule has 1 aromatic carbocycles. The van der Waals surface area contributed by atoms with E-state index in [2.05, 4.69) is 39.3 Å². The Morgan fingerprint density at radius 1 is 1.24 bits per heavy atom. The van der Waals surface area contributed by atoms with Gasteiger partial charge in [0.25, 0.3) is 0 Å². The average molecular weight is 285 g/mol. The first-order valence-electron chi connectivity index (χ1n) is 7.10. The van der Waals surface area contributed by atoms with Gasteiger partial charge in [0.1, 0.15) is 5.82 Å². The van der Waals surface area contributed by atoms with Gasteiger partial charge in [0.2, 0.25) is 5.89 Å². The van der Waals surface area contributed by atoms with E-state index in [1.165, 1.54) is 0 Å². The highest BCUT2D eigenvalue weighted by Gasteiger charge is 2.19. The molecule has 2 aromatic heterocycles. The van der Waals surface area contributed by atoms with Gasteiger partial charge in [-0.25, -0.2) is 4.98 Å². The zero-order chi connectivity index (χ0) is 14.8. The molecule has 110 valence electrons. The minimum atomic E-state index is 0.173. The van der Waals surface area contributed by atoms with Crippen LogP contribution in [0.5, 0.6) is 0 Å². The van der Waals surface area contributed by atoms with Crippen LogP contribution in [0.4, 0.5) is 0 Å². The largest absolute Gasteiger partial charge is 0.342 e. The zero-order valence-corrected chi connectivity index (χ0v) is 12.4. The molecule has 3 aromatic rings. The van der Waals surface area contributed by atoms with Crippen LogP contribution in [0.2, 0.25) is 0 Å². The molecule has 0 bridgehead atoms. The Morgan fingerprint density at radius 3 is 2.81 bits per heavy atom. The first kappa shape index (κ1) is 13.8. The van der Waals surface area contributed by atoms with Crippen LogP contribution in [0.1, 0.15) is 37.3 Å². The number of likely N-dealkylation sites (N-methyl/N-ethyl adjacent to an activating group) is 1. The molecule has 6 heteroatoms. The fraction of sp³-hybridized carbons (Fsp3) is 0.400. The van der Waals surface area contributed by atoms with Gasteiger partial charge in [0, 0.05) is 6.04 Å². The second kappa shape index (κ2) is 5.65. The molecule has 0 spiro atoms. The standard InChI is InChI=1S/C15H19N5O/c1-9(10(2)16-3)15-19-14(20-21-15)8-13-17-11-6-4-5-7-12(11)18-13/h4-7,9-10,16H,8H2,1-3H3,(H,17,18). The summed E-state index contributed by atoms with van der Waals surface area (Å²) in [6, 6.07) is 8.22. The lowest BCUT2D eigenvalue weighted by atomic mass is 10.0. The topological polar surface area (TPSA) is 79.6 Å². The predicted molar refractivity (Wildman–Crippen MR) is 80.1 cm³/mol. The lowest BCUT2D eigenvalue weighted by Crippen LogP contribution is -2.27. The molecule has 0 aliphatic carbocycles. The maximum Gasteiger partial charge on any atom is 0.231 e. The Morgan fingerprint density at radius 2 is 2.05 bits per heavy atom. The van der Waals surface area contributed by atoms with Crippen molar-refractivity contribution in [2.45, 2.75) is 32.2 Å². The van der Waals surface area contributed by atoms with Gasteiger partial charge in [0.05, 0.1) is 23.4 Å². The van der Waals surface area contributed by atoms with E-state index in [0.717, 1.165) is 16.9 Å². The Balaban J connectivity index is 1.77. The Labute approximate surface area is 123 Å². The molecule has 6 nitrogen and oxygen atoms in total. The van der Waals surface area contributed by atoms with Gasteiger partial charge in [-0.2, -0.15) is 4.98 Å².